The minimum absolute atomic E-state index is 0.0512. The van der Waals surface area contributed by atoms with Crippen molar-refractivity contribution in [2.75, 3.05) is 0 Å². The van der Waals surface area contributed by atoms with Gasteiger partial charge in [0.15, 0.2) is 0 Å². The Morgan fingerprint density at radius 3 is 2.47 bits per heavy atom. The van der Waals surface area contributed by atoms with E-state index in [0.717, 1.165) is 5.57 Å². The molecule has 0 saturated carbocycles. The molecule has 1 aliphatic rings. The molecular weight excluding hydrogens is 504 g/mol. The molecule has 8 heteroatoms. The van der Waals surface area contributed by atoms with Gasteiger partial charge in [-0.15, -0.1) is 0 Å². The fourth-order valence-corrected chi connectivity index (χ4v) is 3.70. The van der Waals surface area contributed by atoms with Gasteiger partial charge in [-0.3, -0.25) is 9.59 Å². The van der Waals surface area contributed by atoms with E-state index in [1.807, 2.05) is 52.8 Å². The second-order valence-electron chi connectivity index (χ2n) is 10.7. The Morgan fingerprint density at radius 2 is 1.87 bits per heavy atom. The number of halogens is 1. The quantitative estimate of drug-likeness (QED) is 0.173. The monoisotopic (exact) mass is 546 g/mol. The predicted octanol–water partition coefficient (Wildman–Crippen LogP) is 5.39. The lowest BCUT2D eigenvalue weighted by atomic mass is 9.86. The largest absolute Gasteiger partial charge is 0.458 e. The Kier molecular flexibility index (Phi) is 14.1. The van der Waals surface area contributed by atoms with Crippen molar-refractivity contribution < 1.29 is 24.2 Å². The van der Waals surface area contributed by atoms with Crippen molar-refractivity contribution in [3.8, 4) is 0 Å². The van der Waals surface area contributed by atoms with Crippen LogP contribution in [0.2, 0.25) is 0 Å². The van der Waals surface area contributed by atoms with Crippen molar-refractivity contribution in [1.82, 2.24) is 10.6 Å². The maximum atomic E-state index is 12.7. The summed E-state index contributed by atoms with van der Waals surface area (Å²) in [5.41, 5.74) is 1.09. The lowest BCUT2D eigenvalue weighted by Gasteiger charge is -2.29. The van der Waals surface area contributed by atoms with Crippen molar-refractivity contribution in [2.45, 2.75) is 86.0 Å². The molecule has 0 spiro atoms. The summed E-state index contributed by atoms with van der Waals surface area (Å²) in [6, 6.07) is -0.765. The van der Waals surface area contributed by atoms with Crippen LogP contribution in [0.4, 0.5) is 0 Å². The summed E-state index contributed by atoms with van der Waals surface area (Å²) in [4.78, 5) is 37.0. The Morgan fingerprint density at radius 1 is 1.21 bits per heavy atom. The second-order valence-corrected chi connectivity index (χ2v) is 11.3. The molecule has 0 aliphatic carbocycles. The Hall–Kier alpha value is -2.90. The standard InChI is InChI=1S/C30H43ClN2O5/c1-20(19-22(3)25-17-14-21(2)29(37)38-25)11-8-9-13-26(35)33-27(30(5,6)7)28(36)32-18-10-12-24(34)16-15-23(4)31/h8-11,13-15,18-19,22,24-25,27,34H,12,16-17H2,1-7H3,(H,32,36)(H,33,35)/b11-8+,13-9+,18-10-,20-19+,23-15+/t22-,24+,25-,27+/m0/s1. The number of esters is 1. The zero-order valence-electron chi connectivity index (χ0n) is 23.6. The molecule has 0 aromatic rings. The van der Waals surface area contributed by atoms with Gasteiger partial charge < -0.3 is 20.5 Å². The number of carbonyl (C=O) groups is 3. The zero-order chi connectivity index (χ0) is 28.9. The van der Waals surface area contributed by atoms with E-state index in [-0.39, 0.29) is 23.9 Å². The van der Waals surface area contributed by atoms with Crippen LogP contribution < -0.4 is 10.6 Å². The number of cyclic esters (lactones) is 1. The van der Waals surface area contributed by atoms with Gasteiger partial charge >= 0.3 is 5.97 Å². The van der Waals surface area contributed by atoms with E-state index in [4.69, 9.17) is 16.3 Å². The molecule has 38 heavy (non-hydrogen) atoms. The number of aliphatic hydroxyl groups excluding tert-OH is 1. The van der Waals surface area contributed by atoms with E-state index in [2.05, 4.69) is 10.6 Å². The number of allylic oxidation sites excluding steroid dienone is 5. The molecule has 1 aliphatic heterocycles. The van der Waals surface area contributed by atoms with Crippen LogP contribution in [0.3, 0.4) is 0 Å². The Bertz CT molecular complexity index is 1010. The number of rotatable bonds is 12. The van der Waals surface area contributed by atoms with Crippen molar-refractivity contribution >= 4 is 29.4 Å². The summed E-state index contributed by atoms with van der Waals surface area (Å²) in [5.74, 6) is -0.960. The summed E-state index contributed by atoms with van der Waals surface area (Å²) in [6.45, 7) is 13.0. The Labute approximate surface area is 232 Å². The number of hydrogen-bond acceptors (Lipinski definition) is 5. The lowest BCUT2D eigenvalue weighted by Crippen LogP contribution is -2.52. The molecule has 7 nitrogen and oxygen atoms in total. The number of aliphatic hydroxyl groups is 1. The highest BCUT2D eigenvalue weighted by Gasteiger charge is 2.31. The fourth-order valence-electron chi connectivity index (χ4n) is 3.61. The van der Waals surface area contributed by atoms with Crippen LogP contribution in [-0.2, 0) is 19.1 Å². The van der Waals surface area contributed by atoms with E-state index in [9.17, 15) is 19.5 Å². The number of carbonyl (C=O) groups excluding carboxylic acids is 3. The van der Waals surface area contributed by atoms with E-state index in [1.165, 1.54) is 12.3 Å². The number of ether oxygens (including phenoxy) is 1. The first-order valence-electron chi connectivity index (χ1n) is 12.9. The first-order chi connectivity index (χ1) is 17.7. The van der Waals surface area contributed by atoms with Gasteiger partial charge in [-0.1, -0.05) is 87.4 Å². The van der Waals surface area contributed by atoms with Crippen LogP contribution in [0.1, 0.15) is 67.7 Å². The molecule has 0 aromatic heterocycles. The summed E-state index contributed by atoms with van der Waals surface area (Å²) < 4.78 is 5.46. The first kappa shape index (κ1) is 33.1. The first-order valence-corrected chi connectivity index (χ1v) is 13.3. The third-order valence-corrected chi connectivity index (χ3v) is 6.06. The van der Waals surface area contributed by atoms with E-state index in [1.54, 1.807) is 38.2 Å². The molecule has 0 aromatic carbocycles. The van der Waals surface area contributed by atoms with E-state index in [0.29, 0.717) is 29.9 Å². The molecule has 0 saturated heterocycles. The molecule has 3 N–H and O–H groups in total. The maximum absolute atomic E-state index is 12.7. The number of nitrogens with one attached hydrogen (secondary N) is 2. The molecule has 2 amide bonds. The predicted molar refractivity (Wildman–Crippen MR) is 153 cm³/mol. The highest BCUT2D eigenvalue weighted by atomic mass is 35.5. The van der Waals surface area contributed by atoms with Gasteiger partial charge in [0.1, 0.15) is 12.1 Å². The molecule has 0 radical (unpaired) electrons. The maximum Gasteiger partial charge on any atom is 0.333 e. The van der Waals surface area contributed by atoms with Crippen LogP contribution in [0.25, 0.3) is 0 Å². The van der Waals surface area contributed by atoms with Crippen molar-refractivity contribution in [3.05, 3.63) is 71.0 Å². The molecule has 0 fully saturated rings. The average Bonchev–Trinajstić information content (AvgIpc) is 2.82. The second kappa shape index (κ2) is 16.1. The molecular formula is C30H43ClN2O5. The number of hydrogen-bond donors (Lipinski definition) is 3. The van der Waals surface area contributed by atoms with E-state index < -0.39 is 23.5 Å². The van der Waals surface area contributed by atoms with E-state index >= 15 is 0 Å². The Balaban J connectivity index is 2.63. The van der Waals surface area contributed by atoms with Gasteiger partial charge in [-0.25, -0.2) is 4.79 Å². The summed E-state index contributed by atoms with van der Waals surface area (Å²) in [6.07, 6.45) is 16.1. The molecule has 1 rings (SSSR count). The van der Waals surface area contributed by atoms with Gasteiger partial charge in [0, 0.05) is 29.0 Å². The fraction of sp³-hybridized carbons (Fsp3) is 0.500. The van der Waals surface area contributed by atoms with Crippen LogP contribution >= 0.6 is 11.6 Å². The van der Waals surface area contributed by atoms with Crippen LogP contribution in [0.15, 0.2) is 71.0 Å². The summed E-state index contributed by atoms with van der Waals surface area (Å²) >= 11 is 5.76. The van der Waals surface area contributed by atoms with Gasteiger partial charge in [-0.05, 0) is 45.2 Å². The minimum Gasteiger partial charge on any atom is -0.458 e. The molecule has 0 unspecified atom stereocenters. The normalized spacial score (nSPS) is 19.9. The van der Waals surface area contributed by atoms with Gasteiger partial charge in [0.2, 0.25) is 11.8 Å². The zero-order valence-corrected chi connectivity index (χ0v) is 24.3. The minimum atomic E-state index is -0.765. The van der Waals surface area contributed by atoms with Crippen molar-refractivity contribution in [2.24, 2.45) is 11.3 Å². The van der Waals surface area contributed by atoms with Crippen LogP contribution in [0.5, 0.6) is 0 Å². The SMILES string of the molecule is CC1=CC[C@@H]([C@@H](C)/C=C(C)/C=C/C=C/C(=O)N[C@H](C(=O)N/C=C\C[C@@H](O)C/C=C(\C)Cl)C(C)(C)C)OC1=O. The molecule has 210 valence electrons. The molecule has 0 bridgehead atoms. The van der Waals surface area contributed by atoms with Crippen LogP contribution in [-0.4, -0.2) is 41.1 Å². The highest BCUT2D eigenvalue weighted by molar-refractivity contribution is 6.29. The van der Waals surface area contributed by atoms with Crippen molar-refractivity contribution in [1.29, 1.82) is 0 Å². The van der Waals surface area contributed by atoms with Gasteiger partial charge in [0.05, 0.1) is 6.10 Å². The highest BCUT2D eigenvalue weighted by Crippen LogP contribution is 2.22. The average molecular weight is 547 g/mol. The number of amides is 2. The lowest BCUT2D eigenvalue weighted by molar-refractivity contribution is -0.147. The molecule has 4 atom stereocenters. The summed E-state index contributed by atoms with van der Waals surface area (Å²) in [5, 5.41) is 16.0. The molecule has 1 heterocycles. The van der Waals surface area contributed by atoms with Crippen LogP contribution in [0, 0.1) is 11.3 Å². The van der Waals surface area contributed by atoms with Gasteiger partial charge in [-0.2, -0.15) is 0 Å². The summed E-state index contributed by atoms with van der Waals surface area (Å²) in [7, 11) is 0. The van der Waals surface area contributed by atoms with Crippen molar-refractivity contribution in [3.63, 3.8) is 0 Å². The topological polar surface area (TPSA) is 105 Å². The third kappa shape index (κ3) is 13.1. The smallest absolute Gasteiger partial charge is 0.333 e. The van der Waals surface area contributed by atoms with Gasteiger partial charge in [0.25, 0.3) is 0 Å². The third-order valence-electron chi connectivity index (χ3n) is 5.90.